The first-order valence-electron chi connectivity index (χ1n) is 6.97. The molecule has 118 valence electrons. The number of methoxy groups -OCH3 is 1. The van der Waals surface area contributed by atoms with Crippen molar-refractivity contribution in [1.29, 1.82) is 0 Å². The second-order valence-corrected chi connectivity index (χ2v) is 5.38. The molecular weight excluding hydrogens is 285 g/mol. The number of aromatic hydroxyl groups is 1. The number of aliphatic hydroxyl groups is 1. The number of phenols is 1. The number of benzene rings is 2. The summed E-state index contributed by atoms with van der Waals surface area (Å²) in [5.74, 6) is 0.475. The quantitative estimate of drug-likeness (QED) is 0.767. The number of hydrogen-bond donors (Lipinski definition) is 3. The maximum atomic E-state index is 12.9. The van der Waals surface area contributed by atoms with Crippen molar-refractivity contribution >= 4 is 0 Å². The average molecular weight is 305 g/mol. The van der Waals surface area contributed by atoms with E-state index in [4.69, 9.17) is 4.74 Å². The van der Waals surface area contributed by atoms with E-state index in [1.807, 2.05) is 0 Å². The smallest absolute Gasteiger partial charge is 0.123 e. The van der Waals surface area contributed by atoms with Crippen molar-refractivity contribution in [2.24, 2.45) is 0 Å². The van der Waals surface area contributed by atoms with Gasteiger partial charge in [-0.3, -0.25) is 0 Å². The van der Waals surface area contributed by atoms with Gasteiger partial charge in [-0.1, -0.05) is 12.1 Å². The molecule has 0 aliphatic rings. The second kappa shape index (κ2) is 6.77. The maximum absolute atomic E-state index is 12.9. The average Bonchev–Trinajstić information content (AvgIpc) is 2.49. The molecule has 0 aromatic heterocycles. The van der Waals surface area contributed by atoms with Gasteiger partial charge < -0.3 is 20.3 Å². The molecule has 0 aliphatic carbocycles. The molecule has 0 spiro atoms. The third-order valence-corrected chi connectivity index (χ3v) is 3.54. The zero-order valence-electron chi connectivity index (χ0n) is 12.6. The molecule has 0 radical (unpaired) electrons. The first kappa shape index (κ1) is 16.3. The van der Waals surface area contributed by atoms with Crippen molar-refractivity contribution < 1.29 is 19.3 Å². The lowest BCUT2D eigenvalue weighted by Crippen LogP contribution is -2.35. The summed E-state index contributed by atoms with van der Waals surface area (Å²) in [5.41, 5.74) is 0.160. The minimum absolute atomic E-state index is 0.162. The summed E-state index contributed by atoms with van der Waals surface area (Å²) >= 11 is 0. The summed E-state index contributed by atoms with van der Waals surface area (Å²) in [7, 11) is 1.56. The second-order valence-electron chi connectivity index (χ2n) is 5.38. The highest BCUT2D eigenvalue weighted by Gasteiger charge is 2.22. The highest BCUT2D eigenvalue weighted by Crippen LogP contribution is 2.24. The van der Waals surface area contributed by atoms with Gasteiger partial charge in [0.05, 0.1) is 12.7 Å². The van der Waals surface area contributed by atoms with Crippen molar-refractivity contribution in [1.82, 2.24) is 5.32 Å². The number of nitrogens with one attached hydrogen (secondary N) is 1. The van der Waals surface area contributed by atoms with Crippen LogP contribution in [-0.4, -0.2) is 23.9 Å². The fraction of sp³-hybridized carbons (Fsp3) is 0.294. The Balaban J connectivity index is 1.99. The molecule has 1 atom stereocenters. The van der Waals surface area contributed by atoms with Gasteiger partial charge in [-0.05, 0) is 42.8 Å². The Morgan fingerprint density at radius 2 is 1.86 bits per heavy atom. The zero-order valence-corrected chi connectivity index (χ0v) is 12.6. The molecule has 2 aromatic carbocycles. The van der Waals surface area contributed by atoms with Crippen LogP contribution in [0.25, 0.3) is 0 Å². The van der Waals surface area contributed by atoms with Gasteiger partial charge in [0.2, 0.25) is 0 Å². The highest BCUT2D eigenvalue weighted by atomic mass is 19.1. The van der Waals surface area contributed by atoms with Gasteiger partial charge in [-0.25, -0.2) is 4.39 Å². The van der Waals surface area contributed by atoms with Crippen LogP contribution < -0.4 is 10.1 Å². The fourth-order valence-electron chi connectivity index (χ4n) is 2.18. The molecule has 0 aliphatic heterocycles. The van der Waals surface area contributed by atoms with Crippen molar-refractivity contribution in [3.8, 4) is 11.5 Å². The summed E-state index contributed by atoms with van der Waals surface area (Å²) in [6.45, 7) is 2.29. The largest absolute Gasteiger partial charge is 0.508 e. The predicted molar refractivity (Wildman–Crippen MR) is 82.3 cm³/mol. The fourth-order valence-corrected chi connectivity index (χ4v) is 2.18. The van der Waals surface area contributed by atoms with Crippen LogP contribution in [0.5, 0.6) is 11.5 Å². The standard InChI is InChI=1S/C17H20FNO3/c1-17(21,13-3-5-14(18)6-4-13)11-19-10-12-9-15(22-2)7-8-16(12)20/h3-9,19-21H,10-11H2,1-2H3. The maximum Gasteiger partial charge on any atom is 0.123 e. The van der Waals surface area contributed by atoms with Gasteiger partial charge in [-0.2, -0.15) is 0 Å². The van der Waals surface area contributed by atoms with Crippen LogP contribution in [0.3, 0.4) is 0 Å². The number of ether oxygens (including phenoxy) is 1. The van der Waals surface area contributed by atoms with E-state index in [1.165, 1.54) is 12.1 Å². The summed E-state index contributed by atoms with van der Waals surface area (Å²) in [6.07, 6.45) is 0. The minimum Gasteiger partial charge on any atom is -0.508 e. The van der Waals surface area contributed by atoms with Crippen LogP contribution in [0.4, 0.5) is 4.39 Å². The summed E-state index contributed by atoms with van der Waals surface area (Å²) in [4.78, 5) is 0. The molecule has 2 aromatic rings. The number of halogens is 1. The SMILES string of the molecule is COc1ccc(O)c(CNCC(C)(O)c2ccc(F)cc2)c1. The van der Waals surface area contributed by atoms with Crippen LogP contribution in [0.15, 0.2) is 42.5 Å². The van der Waals surface area contributed by atoms with Gasteiger partial charge in [-0.15, -0.1) is 0 Å². The Kier molecular flexibility index (Phi) is 5.00. The van der Waals surface area contributed by atoms with E-state index in [1.54, 1.807) is 44.4 Å². The summed E-state index contributed by atoms with van der Waals surface area (Å²) in [5, 5.41) is 23.3. The van der Waals surface area contributed by atoms with Gasteiger partial charge in [0, 0.05) is 18.7 Å². The molecule has 3 N–H and O–H groups in total. The van der Waals surface area contributed by atoms with Gasteiger partial charge in [0.1, 0.15) is 17.3 Å². The molecule has 0 amide bonds. The molecule has 1 unspecified atom stereocenters. The lowest BCUT2D eigenvalue weighted by molar-refractivity contribution is 0.0565. The molecular formula is C17H20FNO3. The van der Waals surface area contributed by atoms with Crippen LogP contribution in [-0.2, 0) is 12.1 Å². The van der Waals surface area contributed by atoms with Gasteiger partial charge in [0.15, 0.2) is 0 Å². The predicted octanol–water partition coefficient (Wildman–Crippen LogP) is 2.54. The van der Waals surface area contributed by atoms with Crippen molar-refractivity contribution in [2.45, 2.75) is 19.1 Å². The van der Waals surface area contributed by atoms with Gasteiger partial charge in [0.25, 0.3) is 0 Å². The van der Waals surface area contributed by atoms with Crippen molar-refractivity contribution in [3.63, 3.8) is 0 Å². The highest BCUT2D eigenvalue weighted by molar-refractivity contribution is 5.39. The van der Waals surface area contributed by atoms with E-state index < -0.39 is 5.60 Å². The molecule has 5 heteroatoms. The molecule has 4 nitrogen and oxygen atoms in total. The third kappa shape index (κ3) is 3.96. The van der Waals surface area contributed by atoms with E-state index in [0.29, 0.717) is 23.4 Å². The Hall–Kier alpha value is -2.11. The molecule has 22 heavy (non-hydrogen) atoms. The number of rotatable bonds is 6. The lowest BCUT2D eigenvalue weighted by atomic mass is 9.96. The molecule has 0 bridgehead atoms. The number of hydrogen-bond acceptors (Lipinski definition) is 4. The zero-order chi connectivity index (χ0) is 16.2. The Morgan fingerprint density at radius 1 is 1.18 bits per heavy atom. The van der Waals surface area contributed by atoms with Crippen molar-refractivity contribution in [2.75, 3.05) is 13.7 Å². The molecule has 0 heterocycles. The van der Waals surface area contributed by atoms with Crippen LogP contribution in [0, 0.1) is 5.82 Å². The minimum atomic E-state index is -1.14. The van der Waals surface area contributed by atoms with E-state index in [-0.39, 0.29) is 18.1 Å². The topological polar surface area (TPSA) is 61.7 Å². The lowest BCUT2D eigenvalue weighted by Gasteiger charge is -2.24. The first-order valence-corrected chi connectivity index (χ1v) is 6.97. The van der Waals surface area contributed by atoms with E-state index in [0.717, 1.165) is 0 Å². The summed E-state index contributed by atoms with van der Waals surface area (Å²) in [6, 6.07) is 10.7. The van der Waals surface area contributed by atoms with E-state index >= 15 is 0 Å². The van der Waals surface area contributed by atoms with Crippen molar-refractivity contribution in [3.05, 3.63) is 59.4 Å². The molecule has 2 rings (SSSR count). The Morgan fingerprint density at radius 3 is 2.50 bits per heavy atom. The van der Waals surface area contributed by atoms with E-state index in [2.05, 4.69) is 5.32 Å². The Bertz CT molecular complexity index is 626. The molecule has 0 fully saturated rings. The molecule has 0 saturated heterocycles. The van der Waals surface area contributed by atoms with Crippen LogP contribution in [0.2, 0.25) is 0 Å². The normalized spacial score (nSPS) is 13.6. The van der Waals surface area contributed by atoms with Gasteiger partial charge >= 0.3 is 0 Å². The molecule has 0 saturated carbocycles. The first-order chi connectivity index (χ1) is 10.4. The monoisotopic (exact) mass is 305 g/mol. The summed E-state index contributed by atoms with van der Waals surface area (Å²) < 4.78 is 18.0. The third-order valence-electron chi connectivity index (χ3n) is 3.54. The van der Waals surface area contributed by atoms with Crippen LogP contribution >= 0.6 is 0 Å². The van der Waals surface area contributed by atoms with E-state index in [9.17, 15) is 14.6 Å². The Labute approximate surface area is 129 Å². The number of phenolic OH excluding ortho intramolecular Hbond substituents is 1. The van der Waals surface area contributed by atoms with Crippen LogP contribution in [0.1, 0.15) is 18.1 Å².